The van der Waals surface area contributed by atoms with Gasteiger partial charge in [0.1, 0.15) is 0 Å². The molecule has 0 radical (unpaired) electrons. The maximum atomic E-state index is 12.2. The van der Waals surface area contributed by atoms with E-state index in [1.807, 2.05) is 30.5 Å². The van der Waals surface area contributed by atoms with E-state index in [0.717, 1.165) is 42.1 Å². The molecule has 2 aromatic heterocycles. The van der Waals surface area contributed by atoms with E-state index < -0.39 is 0 Å². The Kier molecular flexibility index (Phi) is 7.24. The summed E-state index contributed by atoms with van der Waals surface area (Å²) in [5.74, 6) is 0.165. The first kappa shape index (κ1) is 22.8. The quantitative estimate of drug-likeness (QED) is 0.377. The van der Waals surface area contributed by atoms with Crippen LogP contribution in [0.1, 0.15) is 32.1 Å². The average molecular weight is 467 g/mol. The Morgan fingerprint density at radius 2 is 2.06 bits per heavy atom. The number of hydrogen-bond acceptors (Lipinski definition) is 5. The molecule has 1 unspecified atom stereocenters. The molecule has 9 heteroatoms. The molecule has 0 spiro atoms. The zero-order valence-electron chi connectivity index (χ0n) is 18.2. The molecule has 1 aliphatic rings. The third-order valence-corrected chi connectivity index (χ3v) is 6.07. The van der Waals surface area contributed by atoms with Crippen molar-refractivity contribution in [3.05, 3.63) is 54.3 Å². The highest BCUT2D eigenvalue weighted by Gasteiger charge is 2.24. The summed E-state index contributed by atoms with van der Waals surface area (Å²) in [6.45, 7) is 3.69. The molecule has 8 nitrogen and oxygen atoms in total. The van der Waals surface area contributed by atoms with E-state index in [-0.39, 0.29) is 30.3 Å². The monoisotopic (exact) mass is 466 g/mol. The van der Waals surface area contributed by atoms with Crippen LogP contribution in [0.25, 0.3) is 22.2 Å². The minimum atomic E-state index is -0.278. The molecule has 1 aliphatic carbocycles. The molecule has 0 bridgehead atoms. The van der Waals surface area contributed by atoms with Crippen LogP contribution in [-0.2, 0) is 9.59 Å². The van der Waals surface area contributed by atoms with Crippen molar-refractivity contribution in [2.24, 2.45) is 0 Å². The van der Waals surface area contributed by atoms with Gasteiger partial charge < -0.3 is 20.9 Å². The fourth-order valence-corrected chi connectivity index (χ4v) is 4.39. The molecule has 1 saturated carbocycles. The van der Waals surface area contributed by atoms with Gasteiger partial charge in [0.15, 0.2) is 0 Å². The Balaban J connectivity index is 1.38. The van der Waals surface area contributed by atoms with Crippen LogP contribution in [0.2, 0.25) is 5.02 Å². The number of halogens is 1. The van der Waals surface area contributed by atoms with E-state index in [9.17, 15) is 9.59 Å². The minimum Gasteiger partial charge on any atom is -0.360 e. The number of anilines is 1. The lowest BCUT2D eigenvalue weighted by Gasteiger charge is -2.30. The molecule has 3 aromatic rings. The van der Waals surface area contributed by atoms with Gasteiger partial charge in [0.2, 0.25) is 17.8 Å². The first-order chi connectivity index (χ1) is 16.0. The minimum absolute atomic E-state index is 0.0687. The fraction of sp³-hybridized carbons (Fsp3) is 0.333. The highest BCUT2D eigenvalue weighted by molar-refractivity contribution is 6.33. The Morgan fingerprint density at radius 3 is 2.91 bits per heavy atom. The van der Waals surface area contributed by atoms with Crippen molar-refractivity contribution in [1.82, 2.24) is 25.6 Å². The number of amides is 2. The lowest BCUT2D eigenvalue weighted by Crippen LogP contribution is -2.42. The predicted molar refractivity (Wildman–Crippen MR) is 130 cm³/mol. The Morgan fingerprint density at radius 1 is 1.24 bits per heavy atom. The van der Waals surface area contributed by atoms with Crippen molar-refractivity contribution < 1.29 is 9.59 Å². The largest absolute Gasteiger partial charge is 0.360 e. The number of rotatable bonds is 8. The van der Waals surface area contributed by atoms with Gasteiger partial charge in [-0.15, -0.1) is 0 Å². The maximum Gasteiger partial charge on any atom is 0.243 e. The second kappa shape index (κ2) is 10.5. The van der Waals surface area contributed by atoms with E-state index in [2.05, 4.69) is 32.5 Å². The molecule has 0 aliphatic heterocycles. The van der Waals surface area contributed by atoms with E-state index in [1.165, 1.54) is 6.08 Å². The van der Waals surface area contributed by atoms with Gasteiger partial charge in [0.25, 0.3) is 0 Å². The van der Waals surface area contributed by atoms with Gasteiger partial charge in [-0.1, -0.05) is 36.4 Å². The molecule has 1 fully saturated rings. The molecule has 2 amide bonds. The molecule has 2 atom stereocenters. The van der Waals surface area contributed by atoms with E-state index in [0.29, 0.717) is 23.2 Å². The Labute approximate surface area is 197 Å². The zero-order valence-corrected chi connectivity index (χ0v) is 19.0. The Bertz CT molecular complexity index is 1160. The van der Waals surface area contributed by atoms with E-state index >= 15 is 0 Å². The molecular formula is C24H27ClN6O2. The van der Waals surface area contributed by atoms with Crippen LogP contribution in [0, 0.1) is 0 Å². The molecule has 4 rings (SSSR count). The second-order valence-corrected chi connectivity index (χ2v) is 8.56. The summed E-state index contributed by atoms with van der Waals surface area (Å²) in [7, 11) is 0. The topological polar surface area (TPSA) is 112 Å². The van der Waals surface area contributed by atoms with Crippen molar-refractivity contribution in [2.75, 3.05) is 11.9 Å². The molecule has 172 valence electrons. The maximum absolute atomic E-state index is 12.2. The van der Waals surface area contributed by atoms with Gasteiger partial charge in [-0.05, 0) is 37.8 Å². The van der Waals surface area contributed by atoms with Gasteiger partial charge >= 0.3 is 0 Å². The van der Waals surface area contributed by atoms with Crippen molar-refractivity contribution >= 4 is 40.3 Å². The third kappa shape index (κ3) is 5.70. The first-order valence-corrected chi connectivity index (χ1v) is 11.5. The van der Waals surface area contributed by atoms with Crippen LogP contribution in [0.3, 0.4) is 0 Å². The predicted octanol–water partition coefficient (Wildman–Crippen LogP) is 3.81. The highest BCUT2D eigenvalue weighted by atomic mass is 35.5. The number of aromatic amines is 1. The highest BCUT2D eigenvalue weighted by Crippen LogP contribution is 2.32. The standard InChI is InChI=1S/C24H27ClN6O2/c1-2-21(32)26-11-10-22(33)29-15-6-5-7-16(12-15)30-24-28-14-19(25)23(31-24)18-13-27-20-9-4-3-8-17(18)20/h2-4,8-9,13-16,27H,1,5-7,10-12H2,(H,26,32)(H,29,33)(H,28,30,31)/t15?,16-/m1/s1. The van der Waals surface area contributed by atoms with E-state index in [1.54, 1.807) is 6.20 Å². The summed E-state index contributed by atoms with van der Waals surface area (Å²) in [4.78, 5) is 35.7. The van der Waals surface area contributed by atoms with Gasteiger partial charge in [0, 0.05) is 47.7 Å². The average Bonchev–Trinajstić information content (AvgIpc) is 3.24. The Hall–Kier alpha value is -3.39. The number of para-hydroxylation sites is 1. The van der Waals surface area contributed by atoms with Crippen LogP contribution in [0.4, 0.5) is 5.95 Å². The summed E-state index contributed by atoms with van der Waals surface area (Å²) >= 11 is 6.44. The van der Waals surface area contributed by atoms with Gasteiger partial charge in [-0.25, -0.2) is 9.97 Å². The third-order valence-electron chi connectivity index (χ3n) is 5.80. The fourth-order valence-electron chi connectivity index (χ4n) is 4.20. The first-order valence-electron chi connectivity index (χ1n) is 11.1. The summed E-state index contributed by atoms with van der Waals surface area (Å²) in [6.07, 6.45) is 8.61. The van der Waals surface area contributed by atoms with E-state index in [4.69, 9.17) is 16.6 Å². The van der Waals surface area contributed by atoms with Crippen LogP contribution in [0.15, 0.2) is 49.3 Å². The smallest absolute Gasteiger partial charge is 0.243 e. The van der Waals surface area contributed by atoms with Crippen LogP contribution >= 0.6 is 11.6 Å². The van der Waals surface area contributed by atoms with Gasteiger partial charge in [-0.3, -0.25) is 9.59 Å². The van der Waals surface area contributed by atoms with Crippen molar-refractivity contribution in [3.8, 4) is 11.3 Å². The number of nitrogens with one attached hydrogen (secondary N) is 4. The van der Waals surface area contributed by atoms with Gasteiger partial charge in [-0.2, -0.15) is 0 Å². The number of H-pyrrole nitrogens is 1. The van der Waals surface area contributed by atoms with Crippen molar-refractivity contribution in [2.45, 2.75) is 44.2 Å². The molecular weight excluding hydrogens is 440 g/mol. The summed E-state index contributed by atoms with van der Waals surface area (Å²) in [5.41, 5.74) is 2.62. The number of carbonyl (C=O) groups excluding carboxylic acids is 2. The molecule has 33 heavy (non-hydrogen) atoms. The number of nitrogens with zero attached hydrogens (tertiary/aromatic N) is 2. The number of fused-ring (bicyclic) bond motifs is 1. The van der Waals surface area contributed by atoms with Crippen LogP contribution < -0.4 is 16.0 Å². The number of benzene rings is 1. The molecule has 2 heterocycles. The molecule has 0 saturated heterocycles. The lowest BCUT2D eigenvalue weighted by molar-refractivity contribution is -0.122. The number of carbonyl (C=O) groups is 2. The van der Waals surface area contributed by atoms with Gasteiger partial charge in [0.05, 0.1) is 16.9 Å². The molecule has 4 N–H and O–H groups in total. The van der Waals surface area contributed by atoms with Crippen molar-refractivity contribution in [3.63, 3.8) is 0 Å². The number of aromatic nitrogens is 3. The summed E-state index contributed by atoms with van der Waals surface area (Å²) in [6, 6.07) is 8.21. The second-order valence-electron chi connectivity index (χ2n) is 8.16. The summed E-state index contributed by atoms with van der Waals surface area (Å²) in [5, 5.41) is 10.6. The van der Waals surface area contributed by atoms with Crippen LogP contribution in [0.5, 0.6) is 0 Å². The zero-order chi connectivity index (χ0) is 23.2. The lowest BCUT2D eigenvalue weighted by atomic mass is 9.91. The SMILES string of the molecule is C=CC(=O)NCCC(=O)NC1CCC[C@@H](Nc2ncc(Cl)c(-c3c[nH]c4ccccc34)n2)C1. The number of hydrogen-bond donors (Lipinski definition) is 4. The molecule has 1 aromatic carbocycles. The van der Waals surface area contributed by atoms with Crippen LogP contribution in [-0.4, -0.2) is 45.4 Å². The normalized spacial score (nSPS) is 18.0. The summed E-state index contributed by atoms with van der Waals surface area (Å²) < 4.78 is 0. The van der Waals surface area contributed by atoms with Crippen molar-refractivity contribution in [1.29, 1.82) is 0 Å².